The SMILES string of the molecule is CCCC(C(=O)OCC)c1nc2ccc(Br)cc2s1. The zero-order valence-corrected chi connectivity index (χ0v) is 13.4. The van der Waals surface area contributed by atoms with Crippen molar-refractivity contribution >= 4 is 43.5 Å². The molecule has 0 fully saturated rings. The van der Waals surface area contributed by atoms with Gasteiger partial charge in [0.25, 0.3) is 0 Å². The average molecular weight is 342 g/mol. The molecule has 0 aliphatic rings. The lowest BCUT2D eigenvalue weighted by Crippen LogP contribution is -2.15. The van der Waals surface area contributed by atoms with Crippen LogP contribution in [0.1, 0.15) is 37.6 Å². The molecule has 5 heteroatoms. The number of halogens is 1. The fourth-order valence-corrected chi connectivity index (χ4v) is 3.58. The molecule has 0 radical (unpaired) electrons. The van der Waals surface area contributed by atoms with E-state index in [9.17, 15) is 4.79 Å². The number of rotatable bonds is 5. The standard InChI is InChI=1S/C14H16BrNO2S/c1-3-5-10(14(17)18-4-2)13-16-11-7-6-9(15)8-12(11)19-13/h6-8,10H,3-5H2,1-2H3. The van der Waals surface area contributed by atoms with Crippen molar-refractivity contribution < 1.29 is 9.53 Å². The minimum atomic E-state index is -0.235. The summed E-state index contributed by atoms with van der Waals surface area (Å²) in [5.41, 5.74) is 0.939. The normalized spacial score (nSPS) is 12.6. The lowest BCUT2D eigenvalue weighted by molar-refractivity contribution is -0.145. The fraction of sp³-hybridized carbons (Fsp3) is 0.429. The van der Waals surface area contributed by atoms with E-state index in [1.165, 1.54) is 0 Å². The van der Waals surface area contributed by atoms with Crippen LogP contribution in [-0.4, -0.2) is 17.6 Å². The number of benzene rings is 1. The number of hydrogen-bond donors (Lipinski definition) is 0. The molecule has 0 spiro atoms. The van der Waals surface area contributed by atoms with Gasteiger partial charge in [-0.2, -0.15) is 0 Å². The van der Waals surface area contributed by atoms with E-state index in [1.807, 2.05) is 25.1 Å². The van der Waals surface area contributed by atoms with E-state index in [4.69, 9.17) is 4.74 Å². The molecule has 3 nitrogen and oxygen atoms in total. The second-order valence-electron chi connectivity index (χ2n) is 4.26. The van der Waals surface area contributed by atoms with E-state index in [2.05, 4.69) is 27.8 Å². The summed E-state index contributed by atoms with van der Waals surface area (Å²) in [5, 5.41) is 0.855. The number of nitrogens with zero attached hydrogens (tertiary/aromatic N) is 1. The quantitative estimate of drug-likeness (QED) is 0.751. The summed E-state index contributed by atoms with van der Waals surface area (Å²) < 4.78 is 7.27. The monoisotopic (exact) mass is 341 g/mol. The van der Waals surface area contributed by atoms with Crippen LogP contribution in [0.15, 0.2) is 22.7 Å². The van der Waals surface area contributed by atoms with Crippen molar-refractivity contribution in [3.05, 3.63) is 27.7 Å². The summed E-state index contributed by atoms with van der Waals surface area (Å²) >= 11 is 5.02. The number of fused-ring (bicyclic) bond motifs is 1. The van der Waals surface area contributed by atoms with Gasteiger partial charge in [-0.05, 0) is 31.5 Å². The van der Waals surface area contributed by atoms with Crippen molar-refractivity contribution in [3.63, 3.8) is 0 Å². The van der Waals surface area contributed by atoms with Crippen LogP contribution in [0.25, 0.3) is 10.2 Å². The van der Waals surface area contributed by atoms with Gasteiger partial charge in [-0.25, -0.2) is 4.98 Å². The third-order valence-corrected chi connectivity index (χ3v) is 4.44. The average Bonchev–Trinajstić information content (AvgIpc) is 2.78. The molecule has 0 bridgehead atoms. The Morgan fingerprint density at radius 3 is 2.95 bits per heavy atom. The maximum atomic E-state index is 12.0. The molecule has 2 aromatic rings. The number of esters is 1. The van der Waals surface area contributed by atoms with Crippen LogP contribution in [-0.2, 0) is 9.53 Å². The van der Waals surface area contributed by atoms with E-state index in [0.29, 0.717) is 6.61 Å². The number of aromatic nitrogens is 1. The van der Waals surface area contributed by atoms with Crippen LogP contribution in [0.5, 0.6) is 0 Å². The van der Waals surface area contributed by atoms with Gasteiger partial charge in [0, 0.05) is 4.47 Å². The van der Waals surface area contributed by atoms with Crippen molar-refractivity contribution in [2.24, 2.45) is 0 Å². The number of hydrogen-bond acceptors (Lipinski definition) is 4. The first kappa shape index (κ1) is 14.5. The molecule has 0 saturated heterocycles. The van der Waals surface area contributed by atoms with Crippen LogP contribution >= 0.6 is 27.3 Å². The van der Waals surface area contributed by atoms with E-state index >= 15 is 0 Å². The second-order valence-corrected chi connectivity index (χ2v) is 6.24. The molecule has 0 saturated carbocycles. The first-order valence-corrected chi connectivity index (χ1v) is 7.99. The highest BCUT2D eigenvalue weighted by Crippen LogP contribution is 2.32. The molecule has 1 atom stereocenters. The summed E-state index contributed by atoms with van der Waals surface area (Å²) in [4.78, 5) is 16.6. The first-order valence-electron chi connectivity index (χ1n) is 6.38. The van der Waals surface area contributed by atoms with Gasteiger partial charge in [-0.1, -0.05) is 29.3 Å². The van der Waals surface area contributed by atoms with Crippen LogP contribution in [0.2, 0.25) is 0 Å². The first-order chi connectivity index (χ1) is 9.15. The molecule has 1 unspecified atom stereocenters. The van der Waals surface area contributed by atoms with E-state index < -0.39 is 0 Å². The highest BCUT2D eigenvalue weighted by atomic mass is 79.9. The van der Waals surface area contributed by atoms with Crippen molar-refractivity contribution in [2.45, 2.75) is 32.6 Å². The molecule has 1 aromatic heterocycles. The van der Waals surface area contributed by atoms with Crippen LogP contribution < -0.4 is 0 Å². The molecule has 19 heavy (non-hydrogen) atoms. The molecule has 0 aliphatic heterocycles. The molecule has 102 valence electrons. The van der Waals surface area contributed by atoms with Gasteiger partial charge in [-0.15, -0.1) is 11.3 Å². The van der Waals surface area contributed by atoms with Gasteiger partial charge in [0.15, 0.2) is 0 Å². The Balaban J connectivity index is 2.35. The number of carbonyl (C=O) groups is 1. The molecule has 0 amide bonds. The summed E-state index contributed by atoms with van der Waals surface area (Å²) in [6.07, 6.45) is 1.71. The minimum absolute atomic E-state index is 0.164. The van der Waals surface area contributed by atoms with Crippen molar-refractivity contribution in [2.75, 3.05) is 6.61 Å². The van der Waals surface area contributed by atoms with Crippen LogP contribution in [0.3, 0.4) is 0 Å². The molecule has 0 N–H and O–H groups in total. The van der Waals surface area contributed by atoms with Crippen molar-refractivity contribution in [1.82, 2.24) is 4.98 Å². The third kappa shape index (κ3) is 3.34. The summed E-state index contributed by atoms with van der Waals surface area (Å²) in [6, 6.07) is 5.96. The maximum absolute atomic E-state index is 12.0. The van der Waals surface area contributed by atoms with Gasteiger partial charge in [0.2, 0.25) is 0 Å². The molecular formula is C14H16BrNO2S. The van der Waals surface area contributed by atoms with Crippen molar-refractivity contribution in [1.29, 1.82) is 0 Å². The maximum Gasteiger partial charge on any atom is 0.315 e. The Labute approximate surface area is 125 Å². The Morgan fingerprint density at radius 1 is 1.47 bits per heavy atom. The molecule has 2 rings (SSSR count). The summed E-state index contributed by atoms with van der Waals surface area (Å²) in [7, 11) is 0. The lowest BCUT2D eigenvalue weighted by atomic mass is 10.1. The van der Waals surface area contributed by atoms with E-state index in [0.717, 1.165) is 32.5 Å². The highest BCUT2D eigenvalue weighted by Gasteiger charge is 2.24. The zero-order valence-electron chi connectivity index (χ0n) is 11.0. The number of carbonyl (C=O) groups excluding carboxylic acids is 1. The fourth-order valence-electron chi connectivity index (χ4n) is 1.94. The smallest absolute Gasteiger partial charge is 0.315 e. The zero-order chi connectivity index (χ0) is 13.8. The van der Waals surface area contributed by atoms with Crippen LogP contribution in [0, 0.1) is 0 Å². The number of ether oxygens (including phenoxy) is 1. The Morgan fingerprint density at radius 2 is 2.26 bits per heavy atom. The molecule has 1 aromatic carbocycles. The van der Waals surface area contributed by atoms with E-state index in [-0.39, 0.29) is 11.9 Å². The van der Waals surface area contributed by atoms with Crippen LogP contribution in [0.4, 0.5) is 0 Å². The molecular weight excluding hydrogens is 326 g/mol. The second kappa shape index (κ2) is 6.48. The van der Waals surface area contributed by atoms with Gasteiger partial charge in [0.1, 0.15) is 10.9 Å². The highest BCUT2D eigenvalue weighted by molar-refractivity contribution is 9.10. The van der Waals surface area contributed by atoms with Gasteiger partial charge >= 0.3 is 5.97 Å². The third-order valence-electron chi connectivity index (χ3n) is 2.81. The van der Waals surface area contributed by atoms with E-state index in [1.54, 1.807) is 11.3 Å². The predicted molar refractivity (Wildman–Crippen MR) is 81.6 cm³/mol. The van der Waals surface area contributed by atoms with Crippen molar-refractivity contribution in [3.8, 4) is 0 Å². The Kier molecular flexibility index (Phi) is 4.93. The predicted octanol–water partition coefficient (Wildman–Crippen LogP) is 4.51. The van der Waals surface area contributed by atoms with Gasteiger partial charge < -0.3 is 4.74 Å². The Bertz CT molecular complexity index is 582. The largest absolute Gasteiger partial charge is 0.465 e. The lowest BCUT2D eigenvalue weighted by Gasteiger charge is -2.11. The Hall–Kier alpha value is -0.940. The topological polar surface area (TPSA) is 39.2 Å². The number of thiazole rings is 1. The van der Waals surface area contributed by atoms with Gasteiger partial charge in [0.05, 0.1) is 16.8 Å². The minimum Gasteiger partial charge on any atom is -0.465 e. The molecule has 0 aliphatic carbocycles. The summed E-state index contributed by atoms with van der Waals surface area (Å²) in [5.74, 6) is -0.399. The van der Waals surface area contributed by atoms with Gasteiger partial charge in [-0.3, -0.25) is 4.79 Å². The molecule has 1 heterocycles. The summed E-state index contributed by atoms with van der Waals surface area (Å²) in [6.45, 7) is 4.31.